The molecule has 0 saturated carbocycles. The third-order valence-electron chi connectivity index (χ3n) is 11.2. The number of carbonyl (C=O) groups is 4. The Morgan fingerprint density at radius 3 is 1.35 bits per heavy atom. The molecule has 0 amide bonds. The molecule has 0 bridgehead atoms. The van der Waals surface area contributed by atoms with Crippen LogP contribution in [0.5, 0.6) is 28.7 Å². The lowest BCUT2D eigenvalue weighted by molar-refractivity contribution is -0.144. The Morgan fingerprint density at radius 2 is 0.908 bits per heavy atom. The molecule has 362 valence electrons. The lowest BCUT2D eigenvalue weighted by Gasteiger charge is -2.25. The molecule has 1 heterocycles. The third-order valence-corrected chi connectivity index (χ3v) is 11.2. The smallest absolute Gasteiger partial charge is 0.316 e. The summed E-state index contributed by atoms with van der Waals surface area (Å²) in [7, 11) is 1.45. The second kappa shape index (κ2) is 24.2. The van der Waals surface area contributed by atoms with Gasteiger partial charge in [-0.05, 0) is 108 Å². The van der Waals surface area contributed by atoms with Crippen molar-refractivity contribution in [3.8, 4) is 40.0 Å². The van der Waals surface area contributed by atoms with Crippen LogP contribution in [0.25, 0.3) is 22.2 Å². The minimum Gasteiger partial charge on any atom is -0.493 e. The zero-order valence-corrected chi connectivity index (χ0v) is 42.4. The van der Waals surface area contributed by atoms with Crippen LogP contribution in [0.4, 0.5) is 0 Å². The Bertz CT molecular complexity index is 2140. The number of ether oxygens (including phenoxy) is 5. The zero-order valence-electron chi connectivity index (χ0n) is 42.4. The first-order chi connectivity index (χ1) is 30.3. The monoisotopic (exact) mass is 904 g/mol. The van der Waals surface area contributed by atoms with Crippen LogP contribution >= 0.6 is 0 Å². The summed E-state index contributed by atoms with van der Waals surface area (Å²) in [5, 5.41) is -0.0159. The summed E-state index contributed by atoms with van der Waals surface area (Å²) in [5.74, 6) is -2.23. The summed E-state index contributed by atoms with van der Waals surface area (Å²) in [6.45, 7) is 23.2. The normalized spacial score (nSPS) is 12.3. The van der Waals surface area contributed by atoms with Gasteiger partial charge in [-0.1, -0.05) is 103 Å². The number of esters is 4. The molecular weight excluding hydrogens is 823 g/mol. The van der Waals surface area contributed by atoms with Crippen molar-refractivity contribution >= 4 is 34.8 Å². The highest BCUT2D eigenvalue weighted by atomic mass is 16.6. The predicted molar refractivity (Wildman–Crippen MR) is 260 cm³/mol. The number of aromatic nitrogens is 1. The quantitative estimate of drug-likeness (QED) is 0.0514. The number of benzene rings is 2. The summed E-state index contributed by atoms with van der Waals surface area (Å²) >= 11 is 0. The van der Waals surface area contributed by atoms with Crippen LogP contribution in [-0.4, -0.2) is 35.6 Å². The van der Waals surface area contributed by atoms with Crippen LogP contribution in [0.1, 0.15) is 193 Å². The molecule has 0 unspecified atom stereocenters. The van der Waals surface area contributed by atoms with Crippen molar-refractivity contribution in [2.45, 2.75) is 199 Å². The largest absolute Gasteiger partial charge is 0.493 e. The number of carbonyl (C=O) groups excluding carboxylic acids is 4. The first-order valence-corrected chi connectivity index (χ1v) is 24.1. The van der Waals surface area contributed by atoms with Gasteiger partial charge >= 0.3 is 23.9 Å². The highest BCUT2D eigenvalue weighted by molar-refractivity contribution is 5.95. The molecule has 0 aliphatic heterocycles. The molecule has 2 aromatic carbocycles. The molecule has 0 aliphatic carbocycles. The van der Waals surface area contributed by atoms with Gasteiger partial charge in [0.2, 0.25) is 11.2 Å². The van der Waals surface area contributed by atoms with Crippen molar-refractivity contribution in [1.29, 1.82) is 0 Å². The molecule has 0 spiro atoms. The standard InChI is InChI=1S/C54H81NO10/c1-15-16-17-18-19-20-21-22-23-24-25-26-27-28-29-30-33-55-39-35-38(62-47(57)51(2,3)4)36-42(64-49(59)53(8,9)10)43(39)45(56)46(65-50(60)54(11,12)13)44(55)37-31-32-40(41(34-37)61-14)63-48(58)52(5,6)7/h31-32,34-36H,15-30,33H2,1-14H3. The molecule has 3 aromatic rings. The first kappa shape index (κ1) is 54.7. The van der Waals surface area contributed by atoms with Crippen LogP contribution < -0.4 is 29.1 Å². The lowest BCUT2D eigenvalue weighted by atomic mass is 9.97. The van der Waals surface area contributed by atoms with Gasteiger partial charge in [0.1, 0.15) is 11.5 Å². The fraction of sp³-hybridized carbons (Fsp3) is 0.648. The maximum atomic E-state index is 15.1. The van der Waals surface area contributed by atoms with E-state index in [1.165, 1.54) is 83.8 Å². The second-order valence-electron chi connectivity index (χ2n) is 21.7. The second-order valence-corrected chi connectivity index (χ2v) is 21.7. The van der Waals surface area contributed by atoms with Crippen molar-refractivity contribution in [3.05, 3.63) is 40.6 Å². The Kier molecular flexibility index (Phi) is 20.4. The summed E-state index contributed by atoms with van der Waals surface area (Å²) in [5.41, 5.74) is -3.38. The van der Waals surface area contributed by atoms with E-state index in [1.54, 1.807) is 107 Å². The van der Waals surface area contributed by atoms with Crippen molar-refractivity contribution in [3.63, 3.8) is 0 Å². The number of hydrogen-bond donors (Lipinski definition) is 0. The zero-order chi connectivity index (χ0) is 48.8. The SMILES string of the molecule is CCCCCCCCCCCCCCCCCCn1c(-c2ccc(OC(=O)C(C)(C)C)c(OC)c2)c(OC(=O)C(C)(C)C)c(=O)c2c(OC(=O)C(C)(C)C)cc(OC(=O)C(C)(C)C)cc21. The van der Waals surface area contributed by atoms with E-state index in [9.17, 15) is 19.2 Å². The van der Waals surface area contributed by atoms with E-state index in [1.807, 2.05) is 4.57 Å². The molecule has 0 radical (unpaired) electrons. The average Bonchev–Trinajstić information content (AvgIpc) is 3.20. The molecule has 0 aliphatic rings. The van der Waals surface area contributed by atoms with Gasteiger partial charge in [-0.25, -0.2) is 0 Å². The Morgan fingerprint density at radius 1 is 0.492 bits per heavy atom. The topological polar surface area (TPSA) is 136 Å². The fourth-order valence-electron chi connectivity index (χ4n) is 6.96. The third kappa shape index (κ3) is 16.6. The van der Waals surface area contributed by atoms with E-state index in [-0.39, 0.29) is 39.8 Å². The van der Waals surface area contributed by atoms with Crippen LogP contribution in [0.3, 0.4) is 0 Å². The van der Waals surface area contributed by atoms with E-state index < -0.39 is 51.0 Å². The molecular formula is C54H81NO10. The lowest BCUT2D eigenvalue weighted by Crippen LogP contribution is -2.30. The summed E-state index contributed by atoms with van der Waals surface area (Å²) in [6, 6.07) is 7.85. The van der Waals surface area contributed by atoms with Gasteiger partial charge in [0, 0.05) is 24.2 Å². The summed E-state index contributed by atoms with van der Waals surface area (Å²) in [6.07, 6.45) is 19.2. The Hall–Kier alpha value is -4.67. The number of nitrogens with zero attached hydrogens (tertiary/aromatic N) is 1. The minimum atomic E-state index is -1.01. The number of fused-ring (bicyclic) bond motifs is 1. The molecule has 0 fully saturated rings. The van der Waals surface area contributed by atoms with Gasteiger partial charge in [0.05, 0.1) is 45.4 Å². The van der Waals surface area contributed by atoms with Gasteiger partial charge in [0.25, 0.3) is 0 Å². The van der Waals surface area contributed by atoms with Gasteiger partial charge in [-0.3, -0.25) is 24.0 Å². The summed E-state index contributed by atoms with van der Waals surface area (Å²) in [4.78, 5) is 68.8. The Labute approximate surface area is 389 Å². The van der Waals surface area contributed by atoms with E-state index in [0.717, 1.165) is 25.7 Å². The van der Waals surface area contributed by atoms with Gasteiger partial charge in [-0.2, -0.15) is 0 Å². The Balaban J connectivity index is 2.18. The molecule has 0 N–H and O–H groups in total. The van der Waals surface area contributed by atoms with Gasteiger partial charge in [-0.15, -0.1) is 0 Å². The maximum absolute atomic E-state index is 15.1. The van der Waals surface area contributed by atoms with Crippen LogP contribution in [-0.2, 0) is 25.7 Å². The number of aryl methyl sites for hydroxylation is 1. The fourth-order valence-corrected chi connectivity index (χ4v) is 6.96. The maximum Gasteiger partial charge on any atom is 0.316 e. The van der Waals surface area contributed by atoms with Crippen molar-refractivity contribution < 1.29 is 42.9 Å². The average molecular weight is 904 g/mol. The summed E-state index contributed by atoms with van der Waals surface area (Å²) < 4.78 is 31.4. The number of pyridine rings is 1. The first-order valence-electron chi connectivity index (χ1n) is 24.1. The van der Waals surface area contributed by atoms with E-state index >= 15 is 4.79 Å². The van der Waals surface area contributed by atoms with E-state index in [4.69, 9.17) is 23.7 Å². The highest BCUT2D eigenvalue weighted by Crippen LogP contribution is 2.42. The predicted octanol–water partition coefficient (Wildman–Crippen LogP) is 13.7. The van der Waals surface area contributed by atoms with E-state index in [0.29, 0.717) is 24.0 Å². The van der Waals surface area contributed by atoms with Gasteiger partial charge < -0.3 is 28.3 Å². The number of methoxy groups -OCH3 is 1. The van der Waals surface area contributed by atoms with Crippen molar-refractivity contribution in [1.82, 2.24) is 4.57 Å². The number of unbranched alkanes of at least 4 members (excludes halogenated alkanes) is 15. The molecule has 11 nitrogen and oxygen atoms in total. The van der Waals surface area contributed by atoms with E-state index in [2.05, 4.69) is 6.92 Å². The molecule has 11 heteroatoms. The molecule has 0 atom stereocenters. The number of hydrogen-bond acceptors (Lipinski definition) is 10. The molecule has 1 aromatic heterocycles. The molecule has 3 rings (SSSR count). The number of rotatable bonds is 23. The minimum absolute atomic E-state index is 0.0159. The molecule has 0 saturated heterocycles. The highest BCUT2D eigenvalue weighted by Gasteiger charge is 2.33. The van der Waals surface area contributed by atoms with Crippen LogP contribution in [0.2, 0.25) is 0 Å². The van der Waals surface area contributed by atoms with Crippen LogP contribution in [0.15, 0.2) is 35.1 Å². The molecule has 65 heavy (non-hydrogen) atoms. The van der Waals surface area contributed by atoms with Gasteiger partial charge in [0.15, 0.2) is 11.5 Å². The van der Waals surface area contributed by atoms with Crippen molar-refractivity contribution in [2.75, 3.05) is 7.11 Å². The van der Waals surface area contributed by atoms with Crippen molar-refractivity contribution in [2.24, 2.45) is 21.7 Å². The van der Waals surface area contributed by atoms with Crippen LogP contribution in [0, 0.1) is 21.7 Å².